The molecule has 1 aromatic heterocycles. The van der Waals surface area contributed by atoms with E-state index in [2.05, 4.69) is 4.90 Å². The van der Waals surface area contributed by atoms with Gasteiger partial charge in [0.25, 0.3) is 5.91 Å². The van der Waals surface area contributed by atoms with Crippen LogP contribution in [0, 0.1) is 0 Å². The van der Waals surface area contributed by atoms with Crippen molar-refractivity contribution in [2.75, 3.05) is 26.2 Å². The van der Waals surface area contributed by atoms with Crippen molar-refractivity contribution in [2.24, 2.45) is 0 Å². The van der Waals surface area contributed by atoms with Crippen LogP contribution < -0.4 is 0 Å². The minimum Gasteiger partial charge on any atom is -0.468 e. The third kappa shape index (κ3) is 3.89. The average Bonchev–Trinajstić information content (AvgIpc) is 3.27. The molecule has 3 aromatic rings. The number of nitrogens with zero attached hydrogens (tertiary/aromatic N) is 2. The molecule has 2 heterocycles. The second-order valence-corrected chi connectivity index (χ2v) is 6.89. The zero-order chi connectivity index (χ0) is 19.3. The van der Waals surface area contributed by atoms with Crippen molar-refractivity contribution in [1.29, 1.82) is 0 Å². The molecule has 0 N–H and O–H groups in total. The molecule has 4 rings (SSSR count). The summed E-state index contributed by atoms with van der Waals surface area (Å²) in [6, 6.07) is 20.0. The van der Waals surface area contributed by atoms with Gasteiger partial charge in [0.2, 0.25) is 0 Å². The summed E-state index contributed by atoms with van der Waals surface area (Å²) in [6.45, 7) is 3.57. The Hall–Kier alpha value is -3.18. The fraction of sp³-hybridized carbons (Fsp3) is 0.217. The van der Waals surface area contributed by atoms with Crippen LogP contribution in [0.5, 0.6) is 0 Å². The highest BCUT2D eigenvalue weighted by atomic mass is 16.3. The van der Waals surface area contributed by atoms with Crippen molar-refractivity contribution in [3.63, 3.8) is 0 Å². The van der Waals surface area contributed by atoms with Crippen molar-refractivity contribution in [3.05, 3.63) is 95.4 Å². The molecule has 1 aliphatic rings. The number of benzene rings is 2. The molecule has 1 amide bonds. The minimum atomic E-state index is -0.124. The van der Waals surface area contributed by atoms with Crippen LogP contribution in [0.15, 0.2) is 77.4 Å². The molecule has 2 aromatic carbocycles. The number of ketones is 1. The number of piperazine rings is 1. The highest BCUT2D eigenvalue weighted by molar-refractivity contribution is 6.15. The summed E-state index contributed by atoms with van der Waals surface area (Å²) < 4.78 is 5.40. The normalized spacial score (nSPS) is 14.8. The lowest BCUT2D eigenvalue weighted by atomic mass is 9.97. The smallest absolute Gasteiger partial charge is 0.254 e. The zero-order valence-corrected chi connectivity index (χ0v) is 15.6. The van der Waals surface area contributed by atoms with Gasteiger partial charge in [-0.15, -0.1) is 0 Å². The Morgan fingerprint density at radius 2 is 1.46 bits per heavy atom. The van der Waals surface area contributed by atoms with Crippen LogP contribution in [0.4, 0.5) is 0 Å². The second kappa shape index (κ2) is 8.23. The van der Waals surface area contributed by atoms with Gasteiger partial charge in [-0.3, -0.25) is 14.5 Å². The van der Waals surface area contributed by atoms with E-state index < -0.39 is 0 Å². The van der Waals surface area contributed by atoms with E-state index in [1.165, 1.54) is 0 Å². The molecule has 0 spiro atoms. The van der Waals surface area contributed by atoms with Gasteiger partial charge < -0.3 is 9.32 Å². The Kier molecular flexibility index (Phi) is 5.35. The van der Waals surface area contributed by atoms with Gasteiger partial charge in [0, 0.05) is 37.3 Å². The van der Waals surface area contributed by atoms with E-state index in [-0.39, 0.29) is 11.7 Å². The number of carbonyl (C=O) groups excluding carboxylic acids is 2. The Balaban J connectivity index is 1.46. The van der Waals surface area contributed by atoms with Crippen LogP contribution >= 0.6 is 0 Å². The summed E-state index contributed by atoms with van der Waals surface area (Å²) in [5.41, 5.74) is 1.51. The molecular formula is C23H22N2O3. The quantitative estimate of drug-likeness (QED) is 0.642. The van der Waals surface area contributed by atoms with Gasteiger partial charge in [0.1, 0.15) is 5.76 Å². The summed E-state index contributed by atoms with van der Waals surface area (Å²) in [5.74, 6) is 0.720. The number of hydrogen-bond acceptors (Lipinski definition) is 4. The predicted octanol–water partition coefficient (Wildman–Crippen LogP) is 3.47. The molecule has 0 bridgehead atoms. The molecule has 142 valence electrons. The molecule has 0 saturated carbocycles. The molecule has 1 saturated heterocycles. The van der Waals surface area contributed by atoms with Crippen molar-refractivity contribution >= 4 is 11.7 Å². The van der Waals surface area contributed by atoms with Crippen molar-refractivity contribution in [1.82, 2.24) is 9.80 Å². The number of hydrogen-bond donors (Lipinski definition) is 0. The molecule has 0 atom stereocenters. The van der Waals surface area contributed by atoms with Gasteiger partial charge in [0.15, 0.2) is 5.78 Å². The molecule has 28 heavy (non-hydrogen) atoms. The molecule has 0 radical (unpaired) electrons. The zero-order valence-electron chi connectivity index (χ0n) is 15.6. The van der Waals surface area contributed by atoms with Crippen LogP contribution in [0.1, 0.15) is 32.0 Å². The lowest BCUT2D eigenvalue weighted by Crippen LogP contribution is -2.48. The summed E-state index contributed by atoms with van der Waals surface area (Å²) in [4.78, 5) is 30.1. The first-order chi connectivity index (χ1) is 13.7. The van der Waals surface area contributed by atoms with E-state index >= 15 is 0 Å². The first-order valence-electron chi connectivity index (χ1n) is 9.45. The second-order valence-electron chi connectivity index (χ2n) is 6.89. The summed E-state index contributed by atoms with van der Waals surface area (Å²) >= 11 is 0. The Morgan fingerprint density at radius 1 is 0.786 bits per heavy atom. The number of carbonyl (C=O) groups is 2. The van der Waals surface area contributed by atoms with Gasteiger partial charge in [0.05, 0.1) is 18.4 Å². The van der Waals surface area contributed by atoms with Crippen molar-refractivity contribution in [2.45, 2.75) is 6.54 Å². The number of rotatable bonds is 5. The first-order valence-corrected chi connectivity index (χ1v) is 9.45. The van der Waals surface area contributed by atoms with Gasteiger partial charge >= 0.3 is 0 Å². The van der Waals surface area contributed by atoms with Crippen molar-refractivity contribution < 1.29 is 14.0 Å². The monoisotopic (exact) mass is 374 g/mol. The average molecular weight is 374 g/mol. The summed E-state index contributed by atoms with van der Waals surface area (Å²) in [5, 5.41) is 0. The third-order valence-electron chi connectivity index (χ3n) is 5.06. The molecule has 0 aliphatic carbocycles. The maximum Gasteiger partial charge on any atom is 0.254 e. The Bertz CT molecular complexity index is 943. The summed E-state index contributed by atoms with van der Waals surface area (Å²) in [7, 11) is 0. The van der Waals surface area contributed by atoms with Crippen LogP contribution in [-0.4, -0.2) is 47.7 Å². The number of furan rings is 1. The van der Waals surface area contributed by atoms with E-state index in [0.29, 0.717) is 29.8 Å². The fourth-order valence-electron chi connectivity index (χ4n) is 3.51. The fourth-order valence-corrected chi connectivity index (χ4v) is 3.51. The van der Waals surface area contributed by atoms with Crippen LogP contribution in [0.2, 0.25) is 0 Å². The minimum absolute atomic E-state index is 0.0856. The van der Waals surface area contributed by atoms with E-state index in [1.54, 1.807) is 36.6 Å². The Labute approximate surface area is 164 Å². The lowest BCUT2D eigenvalue weighted by molar-refractivity contribution is 0.0617. The predicted molar refractivity (Wildman–Crippen MR) is 106 cm³/mol. The highest BCUT2D eigenvalue weighted by Crippen LogP contribution is 2.18. The van der Waals surface area contributed by atoms with Crippen molar-refractivity contribution in [3.8, 4) is 0 Å². The summed E-state index contributed by atoms with van der Waals surface area (Å²) in [6.07, 6.45) is 1.68. The molecule has 5 nitrogen and oxygen atoms in total. The van der Waals surface area contributed by atoms with Crippen LogP contribution in [0.25, 0.3) is 0 Å². The van der Waals surface area contributed by atoms with E-state index in [0.717, 1.165) is 25.4 Å². The van der Waals surface area contributed by atoms with Gasteiger partial charge in [-0.2, -0.15) is 0 Å². The lowest BCUT2D eigenvalue weighted by Gasteiger charge is -2.34. The SMILES string of the molecule is O=C(c1ccccc1)c1ccccc1C(=O)N1CCN(Cc2ccco2)CC1. The van der Waals surface area contributed by atoms with Crippen LogP contribution in [0.3, 0.4) is 0 Å². The third-order valence-corrected chi connectivity index (χ3v) is 5.06. The molecular weight excluding hydrogens is 352 g/mol. The Morgan fingerprint density at radius 3 is 2.14 bits per heavy atom. The number of amides is 1. The maximum atomic E-state index is 13.1. The van der Waals surface area contributed by atoms with Gasteiger partial charge in [-0.25, -0.2) is 0 Å². The molecule has 1 fully saturated rings. The van der Waals surface area contributed by atoms with Gasteiger partial charge in [-0.05, 0) is 18.2 Å². The van der Waals surface area contributed by atoms with E-state index in [4.69, 9.17) is 4.42 Å². The maximum absolute atomic E-state index is 13.1. The molecule has 1 aliphatic heterocycles. The topological polar surface area (TPSA) is 53.8 Å². The molecule has 5 heteroatoms. The highest BCUT2D eigenvalue weighted by Gasteiger charge is 2.26. The van der Waals surface area contributed by atoms with Crippen LogP contribution in [-0.2, 0) is 6.54 Å². The van der Waals surface area contributed by atoms with E-state index in [9.17, 15) is 9.59 Å². The van der Waals surface area contributed by atoms with Gasteiger partial charge in [-0.1, -0.05) is 48.5 Å². The molecule has 0 unspecified atom stereocenters. The first kappa shape index (κ1) is 18.2. The standard InChI is InChI=1S/C23H22N2O3/c26-22(18-7-2-1-3-8-18)20-10-4-5-11-21(20)23(27)25-14-12-24(13-15-25)17-19-9-6-16-28-19/h1-11,16H,12-15,17H2. The largest absolute Gasteiger partial charge is 0.468 e. The van der Waals surface area contributed by atoms with E-state index in [1.807, 2.05) is 41.3 Å².